The lowest BCUT2D eigenvalue weighted by Gasteiger charge is -2.45. The van der Waals surface area contributed by atoms with Gasteiger partial charge in [0.15, 0.2) is 0 Å². The van der Waals surface area contributed by atoms with Crippen LogP contribution < -0.4 is 36.0 Å². The highest BCUT2D eigenvalue weighted by Crippen LogP contribution is 2.53. The van der Waals surface area contributed by atoms with Crippen molar-refractivity contribution in [1.82, 2.24) is 4.57 Å². The summed E-state index contributed by atoms with van der Waals surface area (Å²) in [7, 11) is 0. The van der Waals surface area contributed by atoms with Gasteiger partial charge in [-0.2, -0.15) is 0 Å². The number of aromatic nitrogens is 1. The Bertz CT molecular complexity index is 6360. The third kappa shape index (κ3) is 9.19. The van der Waals surface area contributed by atoms with Crippen molar-refractivity contribution in [3.05, 3.63) is 327 Å². The molecule has 18 aromatic rings. The van der Waals surface area contributed by atoms with E-state index in [1.807, 2.05) is 0 Å². The number of hydrogen-bond acceptors (Lipinski definition) is 5. The molecule has 0 aliphatic carbocycles. The van der Waals surface area contributed by atoms with E-state index in [1.54, 1.807) is 0 Å². The summed E-state index contributed by atoms with van der Waals surface area (Å²) >= 11 is 0. The third-order valence-corrected chi connectivity index (χ3v) is 21.7. The summed E-state index contributed by atoms with van der Waals surface area (Å²) in [6, 6.07) is 119. The second kappa shape index (κ2) is 22.1. The van der Waals surface area contributed by atoms with E-state index in [1.165, 1.54) is 86.9 Å². The van der Waals surface area contributed by atoms with Gasteiger partial charge in [0, 0.05) is 89.5 Å². The SMILES string of the molecule is CC(C)(C)c1ccc(N2c3cc(N(c4ccc5oc6ccccc6c5c4)c4ccc5ccc6cccc7ccc4c5c67)ccc3B3c4cc5c6ccccc6n(-c6ccccc6)c5cc4N(c4ccc(C(C)(C)C)cc4)c4cc(N(c5ccccc5)c5ccc6ccccc6c5)cc2c43)cc1. The molecule has 7 heteroatoms. The van der Waals surface area contributed by atoms with E-state index in [-0.39, 0.29) is 17.5 Å². The van der Waals surface area contributed by atoms with Gasteiger partial charge in [0.1, 0.15) is 11.2 Å². The van der Waals surface area contributed by atoms with Gasteiger partial charge in [-0.3, -0.25) is 0 Å². The van der Waals surface area contributed by atoms with Crippen LogP contribution in [0, 0.1) is 0 Å². The predicted octanol–water partition coefficient (Wildman–Crippen LogP) is 24.4. The van der Waals surface area contributed by atoms with Gasteiger partial charge in [-0.15, -0.1) is 0 Å². The highest BCUT2D eigenvalue weighted by Gasteiger charge is 2.45. The van der Waals surface area contributed by atoms with Crippen molar-refractivity contribution in [2.75, 3.05) is 19.6 Å². The first-order valence-electron chi connectivity index (χ1n) is 35.3. The quantitative estimate of drug-likeness (QED) is 0.106. The minimum Gasteiger partial charge on any atom is -0.456 e. The molecular formula is C94H70BN5O. The monoisotopic (exact) mass is 1300 g/mol. The number of fused-ring (bicyclic) bond motifs is 11. The number of anilines is 12. The van der Waals surface area contributed by atoms with Gasteiger partial charge in [-0.05, 0) is 203 Å². The normalized spacial score (nSPS) is 13.0. The summed E-state index contributed by atoms with van der Waals surface area (Å²) in [5.74, 6) is 0. The Morgan fingerprint density at radius 1 is 0.297 bits per heavy atom. The molecule has 0 N–H and O–H groups in total. The molecule has 0 saturated carbocycles. The fourth-order valence-corrected chi connectivity index (χ4v) is 16.9. The van der Waals surface area contributed by atoms with Crippen molar-refractivity contribution in [3.8, 4) is 5.69 Å². The lowest BCUT2D eigenvalue weighted by Crippen LogP contribution is -2.61. The maximum Gasteiger partial charge on any atom is 0.252 e. The van der Waals surface area contributed by atoms with Crippen LogP contribution in [-0.2, 0) is 10.8 Å². The van der Waals surface area contributed by atoms with Crippen LogP contribution in [0.4, 0.5) is 68.2 Å². The van der Waals surface area contributed by atoms with Crippen molar-refractivity contribution in [3.63, 3.8) is 0 Å². The first kappa shape index (κ1) is 58.8. The Morgan fingerprint density at radius 3 is 1.54 bits per heavy atom. The highest BCUT2D eigenvalue weighted by atomic mass is 16.3. The van der Waals surface area contributed by atoms with Crippen LogP contribution in [0.1, 0.15) is 52.7 Å². The van der Waals surface area contributed by atoms with E-state index < -0.39 is 0 Å². The van der Waals surface area contributed by atoms with Gasteiger partial charge in [-0.1, -0.05) is 230 Å². The predicted molar refractivity (Wildman–Crippen MR) is 430 cm³/mol. The molecule has 20 rings (SSSR count). The minimum absolute atomic E-state index is 0.0666. The molecule has 2 aromatic heterocycles. The van der Waals surface area contributed by atoms with Crippen molar-refractivity contribution < 1.29 is 4.42 Å². The first-order valence-corrected chi connectivity index (χ1v) is 35.3. The molecule has 0 amide bonds. The topological polar surface area (TPSA) is 31.0 Å². The number of nitrogens with zero attached hydrogens (tertiary/aromatic N) is 5. The van der Waals surface area contributed by atoms with Crippen molar-refractivity contribution in [2.45, 2.75) is 52.4 Å². The van der Waals surface area contributed by atoms with E-state index in [0.29, 0.717) is 0 Å². The van der Waals surface area contributed by atoms with Crippen LogP contribution >= 0.6 is 0 Å². The van der Waals surface area contributed by atoms with E-state index in [4.69, 9.17) is 4.42 Å². The second-order valence-electron chi connectivity index (χ2n) is 29.7. The molecule has 101 heavy (non-hydrogen) atoms. The zero-order valence-corrected chi connectivity index (χ0v) is 57.2. The molecule has 0 spiro atoms. The van der Waals surface area contributed by atoms with E-state index in [0.717, 1.165) is 101 Å². The van der Waals surface area contributed by atoms with Crippen molar-refractivity contribution in [1.29, 1.82) is 0 Å². The summed E-state index contributed by atoms with van der Waals surface area (Å²) in [6.45, 7) is 13.6. The molecule has 0 atom stereocenters. The number of furan rings is 1. The Balaban J connectivity index is 0.922. The molecular weight excluding hydrogens is 1230 g/mol. The maximum atomic E-state index is 6.61. The lowest BCUT2D eigenvalue weighted by molar-refractivity contribution is 0.590. The van der Waals surface area contributed by atoms with Gasteiger partial charge in [0.25, 0.3) is 6.71 Å². The second-order valence-corrected chi connectivity index (χ2v) is 29.7. The fourth-order valence-electron chi connectivity index (χ4n) is 16.9. The minimum atomic E-state index is -0.242. The average molecular weight is 1300 g/mol. The molecule has 4 heterocycles. The lowest BCUT2D eigenvalue weighted by atomic mass is 9.33. The third-order valence-electron chi connectivity index (χ3n) is 21.7. The van der Waals surface area contributed by atoms with Crippen molar-refractivity contribution in [2.24, 2.45) is 0 Å². The Labute approximate surface area is 587 Å². The van der Waals surface area contributed by atoms with Crippen molar-refractivity contribution >= 4 is 178 Å². The average Bonchev–Trinajstić information content (AvgIpc) is 1.58. The standard InChI is InChI=1S/C94H70BN5O/c1-93(2,3)64-37-42-68(43-38-64)99-84-54-72(97(71-47-51-89-78(53-71)75-29-16-18-31-88(75)101-89)82-50-36-62-33-32-60-22-19-23-61-35-48-76(82)91(62)90(60)61)46-49-79(84)95-80-57-77-74-28-15-17-30-81(74)98(67-26-11-8-12-27-67)83(77)58-85(80)100(69-44-39-65(40-45-69)94(4,5)6)87-56-73(55-86(99)92(87)95)96(66-24-9-7-10-25-66)70-41-34-59-20-13-14-21-63(59)52-70/h7-58H,1-6H3. The van der Waals surface area contributed by atoms with Gasteiger partial charge < -0.3 is 28.6 Å². The Kier molecular flexibility index (Phi) is 12.9. The molecule has 0 bridgehead atoms. The zero-order chi connectivity index (χ0) is 67.6. The van der Waals surface area contributed by atoms with E-state index >= 15 is 0 Å². The summed E-state index contributed by atoms with van der Waals surface area (Å²) in [5, 5.41) is 14.3. The van der Waals surface area contributed by atoms with E-state index in [9.17, 15) is 0 Å². The van der Waals surface area contributed by atoms with E-state index in [2.05, 4.69) is 381 Å². The molecule has 0 fully saturated rings. The summed E-state index contributed by atoms with van der Waals surface area (Å²) < 4.78 is 9.08. The largest absolute Gasteiger partial charge is 0.456 e. The number of benzene rings is 16. The summed E-state index contributed by atoms with van der Waals surface area (Å²) in [4.78, 5) is 10.2. The Morgan fingerprint density at radius 2 is 0.832 bits per heavy atom. The van der Waals surface area contributed by atoms with Gasteiger partial charge in [-0.25, -0.2) is 0 Å². The highest BCUT2D eigenvalue weighted by molar-refractivity contribution is 7.00. The summed E-state index contributed by atoms with van der Waals surface area (Å²) in [6.07, 6.45) is 0. The first-order chi connectivity index (χ1) is 49.3. The molecule has 0 unspecified atom stereocenters. The van der Waals surface area contributed by atoms with Crippen LogP contribution in [0.5, 0.6) is 0 Å². The van der Waals surface area contributed by atoms with Gasteiger partial charge in [0.05, 0.1) is 22.4 Å². The molecule has 2 aliphatic rings. The van der Waals surface area contributed by atoms with Crippen LogP contribution in [0.3, 0.4) is 0 Å². The van der Waals surface area contributed by atoms with Crippen LogP contribution in [0.15, 0.2) is 320 Å². The smallest absolute Gasteiger partial charge is 0.252 e. The maximum absolute atomic E-state index is 6.61. The molecule has 480 valence electrons. The molecule has 6 nitrogen and oxygen atoms in total. The van der Waals surface area contributed by atoms with Crippen LogP contribution in [0.25, 0.3) is 92.5 Å². The molecule has 0 saturated heterocycles. The summed E-state index contributed by atoms with van der Waals surface area (Å²) in [5.41, 5.74) is 24.2. The molecule has 2 aliphatic heterocycles. The van der Waals surface area contributed by atoms with Gasteiger partial charge in [0.2, 0.25) is 0 Å². The number of hydrogen-bond donors (Lipinski definition) is 0. The fraction of sp³-hybridized carbons (Fsp3) is 0.0851. The van der Waals surface area contributed by atoms with Crippen LogP contribution in [-0.4, -0.2) is 11.3 Å². The number of para-hydroxylation sites is 4. The zero-order valence-electron chi connectivity index (χ0n) is 57.2. The molecule has 0 radical (unpaired) electrons. The number of rotatable bonds is 9. The van der Waals surface area contributed by atoms with Crippen LogP contribution in [0.2, 0.25) is 0 Å². The molecule has 16 aromatic carbocycles. The Hall–Kier alpha value is -12.3. The van der Waals surface area contributed by atoms with Gasteiger partial charge >= 0.3 is 0 Å².